The van der Waals surface area contributed by atoms with Gasteiger partial charge >= 0.3 is 0 Å². The third-order valence-corrected chi connectivity index (χ3v) is 2.97. The largest absolute Gasteiger partial charge is 0.358 e. The molecule has 1 N–H and O–H groups in total. The van der Waals surface area contributed by atoms with Gasteiger partial charge in [0.1, 0.15) is 6.54 Å². The number of nitrogens with zero attached hydrogens (tertiary/aromatic N) is 1. The minimum atomic E-state index is -0.0439. The van der Waals surface area contributed by atoms with E-state index >= 15 is 0 Å². The summed E-state index contributed by atoms with van der Waals surface area (Å²) in [6.07, 6.45) is 7.34. The molecule has 0 aromatic carbocycles. The predicted molar refractivity (Wildman–Crippen MR) is 60.4 cm³/mol. The maximum Gasteiger partial charge on any atom is 0.239 e. The highest BCUT2D eigenvalue weighted by Crippen LogP contribution is 2.21. The number of likely N-dealkylation sites (N-methyl/N-ethyl adjacent to an activating group) is 1. The quantitative estimate of drug-likeness (QED) is 0.760. The number of amides is 1. The summed E-state index contributed by atoms with van der Waals surface area (Å²) in [7, 11) is 1.61. The van der Waals surface area contributed by atoms with E-state index in [0.717, 1.165) is 30.4 Å². The molecule has 0 atom stereocenters. The number of ketones is 1. The van der Waals surface area contributed by atoms with Crippen LogP contribution in [0.15, 0.2) is 12.4 Å². The molecule has 1 aliphatic rings. The zero-order chi connectivity index (χ0) is 11.5. The molecule has 1 aromatic rings. The highest BCUT2D eigenvalue weighted by molar-refractivity contribution is 5.97. The number of Topliss-reactive ketones (excluding diaryl/α,β-unsaturated/α-hetero) is 1. The first-order valence-electron chi connectivity index (χ1n) is 5.63. The van der Waals surface area contributed by atoms with Crippen LogP contribution in [0.5, 0.6) is 0 Å². The van der Waals surface area contributed by atoms with E-state index in [4.69, 9.17) is 0 Å². The molecule has 16 heavy (non-hydrogen) atoms. The van der Waals surface area contributed by atoms with E-state index in [1.54, 1.807) is 17.8 Å². The fourth-order valence-corrected chi connectivity index (χ4v) is 2.08. The Balaban J connectivity index is 2.22. The number of fused-ring (bicyclic) bond motifs is 1. The number of aromatic nitrogens is 1. The summed E-state index contributed by atoms with van der Waals surface area (Å²) in [6.45, 7) is 0.288. The second-order valence-electron chi connectivity index (χ2n) is 4.17. The van der Waals surface area contributed by atoms with Crippen molar-refractivity contribution in [2.45, 2.75) is 32.2 Å². The molecule has 0 spiro atoms. The molecule has 1 amide bonds. The van der Waals surface area contributed by atoms with Gasteiger partial charge in [-0.05, 0) is 24.8 Å². The first kappa shape index (κ1) is 10.9. The van der Waals surface area contributed by atoms with Crippen molar-refractivity contribution in [2.24, 2.45) is 0 Å². The molecule has 1 aromatic heterocycles. The summed E-state index contributed by atoms with van der Waals surface area (Å²) in [4.78, 5) is 23.0. The van der Waals surface area contributed by atoms with E-state index < -0.39 is 0 Å². The molecule has 0 unspecified atom stereocenters. The Morgan fingerprint density at radius 3 is 2.88 bits per heavy atom. The van der Waals surface area contributed by atoms with Gasteiger partial charge in [0.2, 0.25) is 5.91 Å². The number of carbonyl (C=O) groups is 2. The van der Waals surface area contributed by atoms with E-state index in [9.17, 15) is 9.59 Å². The summed E-state index contributed by atoms with van der Waals surface area (Å²) < 4.78 is 1.80. The lowest BCUT2D eigenvalue weighted by molar-refractivity contribution is -0.121. The van der Waals surface area contributed by atoms with Crippen molar-refractivity contribution in [3.63, 3.8) is 0 Å². The Morgan fingerprint density at radius 1 is 1.38 bits per heavy atom. The van der Waals surface area contributed by atoms with Gasteiger partial charge in [-0.1, -0.05) is 0 Å². The summed E-state index contributed by atoms with van der Waals surface area (Å²) in [5.41, 5.74) is 1.90. The molecule has 0 saturated heterocycles. The van der Waals surface area contributed by atoms with Crippen LogP contribution in [0.4, 0.5) is 0 Å². The SMILES string of the molecule is CNC(=O)Cn1cc2c(c1)C(=O)CCCC2. The maximum atomic E-state index is 11.8. The number of hydrogen-bond donors (Lipinski definition) is 1. The molecule has 2 rings (SSSR count). The zero-order valence-electron chi connectivity index (χ0n) is 9.45. The Hall–Kier alpha value is -1.58. The second kappa shape index (κ2) is 4.51. The molecule has 86 valence electrons. The van der Waals surface area contributed by atoms with Crippen molar-refractivity contribution < 1.29 is 9.59 Å². The summed E-state index contributed by atoms with van der Waals surface area (Å²) in [5, 5.41) is 2.57. The van der Waals surface area contributed by atoms with Crippen LogP contribution in [0.25, 0.3) is 0 Å². The van der Waals surface area contributed by atoms with Gasteiger partial charge in [0.25, 0.3) is 0 Å². The third kappa shape index (κ3) is 2.15. The third-order valence-electron chi connectivity index (χ3n) is 2.97. The van der Waals surface area contributed by atoms with Crippen LogP contribution in [0.3, 0.4) is 0 Å². The molecule has 0 radical (unpaired) electrons. The van der Waals surface area contributed by atoms with Gasteiger partial charge < -0.3 is 9.88 Å². The fraction of sp³-hybridized carbons (Fsp3) is 0.500. The van der Waals surface area contributed by atoms with Crippen LogP contribution in [-0.2, 0) is 17.8 Å². The molecule has 1 heterocycles. The highest BCUT2D eigenvalue weighted by Gasteiger charge is 2.17. The van der Waals surface area contributed by atoms with Gasteiger partial charge in [-0.25, -0.2) is 0 Å². The molecule has 1 aliphatic carbocycles. The number of hydrogen-bond acceptors (Lipinski definition) is 2. The number of carbonyl (C=O) groups excluding carboxylic acids is 2. The molecule has 0 saturated carbocycles. The normalized spacial score (nSPS) is 15.4. The second-order valence-corrected chi connectivity index (χ2v) is 4.17. The minimum Gasteiger partial charge on any atom is -0.358 e. The van der Waals surface area contributed by atoms with E-state index in [-0.39, 0.29) is 18.2 Å². The molecule has 0 bridgehead atoms. The topological polar surface area (TPSA) is 51.1 Å². The minimum absolute atomic E-state index is 0.0439. The molecular formula is C12H16N2O2. The first-order valence-corrected chi connectivity index (χ1v) is 5.63. The fourth-order valence-electron chi connectivity index (χ4n) is 2.08. The van der Waals surface area contributed by atoms with Crippen molar-refractivity contribution in [3.05, 3.63) is 23.5 Å². The van der Waals surface area contributed by atoms with Gasteiger partial charge in [0.15, 0.2) is 5.78 Å². The first-order chi connectivity index (χ1) is 7.70. The maximum absolute atomic E-state index is 11.8. The van der Waals surface area contributed by atoms with Gasteiger partial charge in [-0.3, -0.25) is 9.59 Å². The van der Waals surface area contributed by atoms with Crippen molar-refractivity contribution in [1.29, 1.82) is 0 Å². The number of rotatable bonds is 2. The van der Waals surface area contributed by atoms with E-state index in [0.29, 0.717) is 6.42 Å². The van der Waals surface area contributed by atoms with Crippen molar-refractivity contribution in [1.82, 2.24) is 9.88 Å². The van der Waals surface area contributed by atoms with Crippen molar-refractivity contribution >= 4 is 11.7 Å². The average molecular weight is 220 g/mol. The Bertz CT molecular complexity index is 421. The van der Waals surface area contributed by atoms with Crippen LogP contribution >= 0.6 is 0 Å². The van der Waals surface area contributed by atoms with Gasteiger partial charge in [-0.2, -0.15) is 0 Å². The molecular weight excluding hydrogens is 204 g/mol. The highest BCUT2D eigenvalue weighted by atomic mass is 16.1. The smallest absolute Gasteiger partial charge is 0.239 e. The Morgan fingerprint density at radius 2 is 2.12 bits per heavy atom. The lowest BCUT2D eigenvalue weighted by Gasteiger charge is -2.00. The summed E-state index contributed by atoms with van der Waals surface area (Å²) in [6, 6.07) is 0. The Kier molecular flexibility index (Phi) is 3.08. The molecule has 4 heteroatoms. The Labute approximate surface area is 94.6 Å². The van der Waals surface area contributed by atoms with E-state index in [1.807, 2.05) is 6.20 Å². The van der Waals surface area contributed by atoms with Crippen LogP contribution in [0.2, 0.25) is 0 Å². The van der Waals surface area contributed by atoms with Gasteiger partial charge in [0, 0.05) is 31.4 Å². The van der Waals surface area contributed by atoms with E-state index in [2.05, 4.69) is 5.32 Å². The van der Waals surface area contributed by atoms with Crippen LogP contribution < -0.4 is 5.32 Å². The number of nitrogens with one attached hydrogen (secondary N) is 1. The zero-order valence-corrected chi connectivity index (χ0v) is 9.45. The number of aryl methyl sites for hydroxylation is 1. The average Bonchev–Trinajstić information content (AvgIpc) is 2.59. The molecule has 0 fully saturated rings. The van der Waals surface area contributed by atoms with Crippen molar-refractivity contribution in [2.75, 3.05) is 7.05 Å². The summed E-state index contributed by atoms with van der Waals surface area (Å²) in [5.74, 6) is 0.167. The molecule has 0 aliphatic heterocycles. The standard InChI is InChI=1S/C12H16N2O2/c1-13-12(16)8-14-6-9-4-2-3-5-11(15)10(9)7-14/h6-7H,2-5,8H2,1H3,(H,13,16). The van der Waals surface area contributed by atoms with Crippen LogP contribution in [-0.4, -0.2) is 23.3 Å². The van der Waals surface area contributed by atoms with Gasteiger partial charge in [-0.15, -0.1) is 0 Å². The van der Waals surface area contributed by atoms with Crippen LogP contribution in [0, 0.1) is 0 Å². The lowest BCUT2D eigenvalue weighted by Crippen LogP contribution is -2.22. The van der Waals surface area contributed by atoms with Crippen LogP contribution in [0.1, 0.15) is 35.2 Å². The monoisotopic (exact) mass is 220 g/mol. The lowest BCUT2D eigenvalue weighted by atomic mass is 10.1. The van der Waals surface area contributed by atoms with Gasteiger partial charge in [0.05, 0.1) is 0 Å². The molecule has 4 nitrogen and oxygen atoms in total. The predicted octanol–water partition coefficient (Wildman–Crippen LogP) is 1.14. The summed E-state index contributed by atoms with van der Waals surface area (Å²) >= 11 is 0. The van der Waals surface area contributed by atoms with E-state index in [1.165, 1.54) is 0 Å². The van der Waals surface area contributed by atoms with Crippen molar-refractivity contribution in [3.8, 4) is 0 Å².